The van der Waals surface area contributed by atoms with Crippen molar-refractivity contribution in [1.29, 1.82) is 0 Å². The van der Waals surface area contributed by atoms with Gasteiger partial charge in [-0.15, -0.1) is 0 Å². The molecule has 6 atom stereocenters. The highest BCUT2D eigenvalue weighted by Crippen LogP contribution is 2.26. The zero-order chi connectivity index (χ0) is 58.9. The molecule has 1 fully saturated rings. The lowest BCUT2D eigenvalue weighted by Crippen LogP contribution is -2.61. The Kier molecular flexibility index (Phi) is 51.3. The Bertz CT molecular complexity index is 1820. The number of aliphatic hydroxyl groups excluding tert-OH is 2. The average molecular weight is 1130 g/mol. The molecule has 460 valence electrons. The molecule has 0 amide bonds. The molecule has 12 heteroatoms. The second-order valence-corrected chi connectivity index (χ2v) is 21.3. The maximum Gasteiger partial charge on any atom is 0.335 e. The molecular weight excluding hydrogens is 1020 g/mol. The molecule has 12 nitrogen and oxygen atoms in total. The first-order valence-corrected chi connectivity index (χ1v) is 31.9. The van der Waals surface area contributed by atoms with Crippen LogP contribution in [0.15, 0.2) is 109 Å². The molecule has 0 bridgehead atoms. The van der Waals surface area contributed by atoms with Gasteiger partial charge in [0.15, 0.2) is 24.6 Å². The minimum absolute atomic E-state index is 0.000218. The number of hydrogen-bond donors (Lipinski definition) is 3. The van der Waals surface area contributed by atoms with E-state index in [1.54, 1.807) is 0 Å². The third kappa shape index (κ3) is 45.6. The van der Waals surface area contributed by atoms with Gasteiger partial charge in [0.2, 0.25) is 0 Å². The largest absolute Gasteiger partial charge is 0.479 e. The van der Waals surface area contributed by atoms with Crippen LogP contribution < -0.4 is 0 Å². The highest BCUT2D eigenvalue weighted by Gasteiger charge is 2.50. The number of carbonyl (C=O) groups excluding carboxylic acids is 3. The smallest absolute Gasteiger partial charge is 0.335 e. The van der Waals surface area contributed by atoms with E-state index in [2.05, 4.69) is 130 Å². The normalized spacial score (nSPS) is 18.5. The van der Waals surface area contributed by atoms with Crippen LogP contribution in [0.1, 0.15) is 252 Å². The van der Waals surface area contributed by atoms with Crippen molar-refractivity contribution in [3.8, 4) is 0 Å². The predicted molar refractivity (Wildman–Crippen MR) is 330 cm³/mol. The fourth-order valence-corrected chi connectivity index (χ4v) is 8.99. The van der Waals surface area contributed by atoms with Crippen LogP contribution in [0.2, 0.25) is 0 Å². The van der Waals surface area contributed by atoms with Gasteiger partial charge in [0.1, 0.15) is 18.8 Å². The number of esters is 3. The van der Waals surface area contributed by atoms with Crippen molar-refractivity contribution in [1.82, 2.24) is 0 Å². The van der Waals surface area contributed by atoms with Crippen LogP contribution in [-0.2, 0) is 42.9 Å². The van der Waals surface area contributed by atoms with E-state index in [9.17, 15) is 34.5 Å². The molecule has 81 heavy (non-hydrogen) atoms. The molecule has 0 aromatic carbocycles. The Hall–Kier alpha value is -4.62. The van der Waals surface area contributed by atoms with E-state index >= 15 is 0 Å². The number of aliphatic hydroxyl groups is 2. The fourth-order valence-electron chi connectivity index (χ4n) is 8.99. The van der Waals surface area contributed by atoms with Crippen LogP contribution in [0.5, 0.6) is 0 Å². The second-order valence-electron chi connectivity index (χ2n) is 21.3. The zero-order valence-electron chi connectivity index (χ0n) is 50.7. The van der Waals surface area contributed by atoms with E-state index < -0.39 is 67.3 Å². The SMILES string of the molecule is CC/C=C\C/C=C\C/C=C\C/C=C\CCCCCCC(=O)OC(COC(=O)CCCCCCCCCCC/C=C\CCCCCCCC)COC1OC(C(=O)O)C(O)C(O)C1OC(=O)CCCC/C=C\C/C=C\C/C=C\C/C=C\CC. The number of rotatable bonds is 53. The summed E-state index contributed by atoms with van der Waals surface area (Å²) in [5, 5.41) is 31.5. The molecule has 1 rings (SSSR count). The number of carbonyl (C=O) groups is 4. The molecule has 0 aromatic heterocycles. The van der Waals surface area contributed by atoms with Crippen molar-refractivity contribution in [3.05, 3.63) is 109 Å². The van der Waals surface area contributed by atoms with Gasteiger partial charge < -0.3 is 39.0 Å². The van der Waals surface area contributed by atoms with E-state index in [1.165, 1.54) is 83.5 Å². The number of carboxylic acids is 1. The van der Waals surface area contributed by atoms with Gasteiger partial charge in [-0.2, -0.15) is 0 Å². The summed E-state index contributed by atoms with van der Waals surface area (Å²) in [5.41, 5.74) is 0. The van der Waals surface area contributed by atoms with Crippen molar-refractivity contribution in [2.75, 3.05) is 13.2 Å². The lowest BCUT2D eigenvalue weighted by molar-refractivity contribution is -0.301. The van der Waals surface area contributed by atoms with E-state index in [4.69, 9.17) is 23.7 Å². The average Bonchev–Trinajstić information content (AvgIpc) is 3.52. The van der Waals surface area contributed by atoms with Crippen molar-refractivity contribution in [3.63, 3.8) is 0 Å². The number of carboxylic acid groups (broad SMARTS) is 1. The monoisotopic (exact) mass is 1130 g/mol. The van der Waals surface area contributed by atoms with E-state index in [1.807, 2.05) is 0 Å². The van der Waals surface area contributed by atoms with Gasteiger partial charge >= 0.3 is 23.9 Å². The number of ether oxygens (including phenoxy) is 5. The maximum atomic E-state index is 13.2. The van der Waals surface area contributed by atoms with Crippen molar-refractivity contribution < 1.29 is 58.2 Å². The molecule has 3 N–H and O–H groups in total. The summed E-state index contributed by atoms with van der Waals surface area (Å²) in [6, 6.07) is 0. The first-order chi connectivity index (χ1) is 39.6. The van der Waals surface area contributed by atoms with Crippen molar-refractivity contribution in [2.45, 2.75) is 289 Å². The molecule has 0 spiro atoms. The summed E-state index contributed by atoms with van der Waals surface area (Å²) in [4.78, 5) is 51.3. The number of unbranched alkanes of at least 4 members (excludes halogenated alkanes) is 21. The lowest BCUT2D eigenvalue weighted by atomic mass is 9.98. The highest BCUT2D eigenvalue weighted by molar-refractivity contribution is 5.74. The minimum atomic E-state index is -1.93. The van der Waals surface area contributed by atoms with E-state index in [0.717, 1.165) is 103 Å². The number of aliphatic carboxylic acids is 1. The molecular formula is C69H112O12. The molecule has 6 unspecified atom stereocenters. The summed E-state index contributed by atoms with van der Waals surface area (Å²) < 4.78 is 28.4. The Morgan fingerprint density at radius 2 is 0.778 bits per heavy atom. The third-order valence-corrected chi connectivity index (χ3v) is 13.8. The van der Waals surface area contributed by atoms with Crippen LogP contribution in [0.3, 0.4) is 0 Å². The second kappa shape index (κ2) is 55.9. The summed E-state index contributed by atoms with van der Waals surface area (Å²) in [6.07, 6.45) is 63.4. The van der Waals surface area contributed by atoms with Gasteiger partial charge in [0, 0.05) is 19.3 Å². The van der Waals surface area contributed by atoms with Gasteiger partial charge in [-0.25, -0.2) is 4.79 Å². The van der Waals surface area contributed by atoms with Crippen molar-refractivity contribution in [2.24, 2.45) is 0 Å². The van der Waals surface area contributed by atoms with Gasteiger partial charge in [-0.05, 0) is 122 Å². The molecule has 1 aliphatic heterocycles. The van der Waals surface area contributed by atoms with Gasteiger partial charge in [-0.1, -0.05) is 220 Å². The van der Waals surface area contributed by atoms with Gasteiger partial charge in [0.25, 0.3) is 0 Å². The fraction of sp³-hybridized carbons (Fsp3) is 0.681. The third-order valence-electron chi connectivity index (χ3n) is 13.8. The zero-order valence-corrected chi connectivity index (χ0v) is 50.7. The minimum Gasteiger partial charge on any atom is -0.479 e. The molecule has 1 saturated heterocycles. The Morgan fingerprint density at radius 3 is 1.22 bits per heavy atom. The molecule has 0 saturated carbocycles. The summed E-state index contributed by atoms with van der Waals surface area (Å²) in [5.74, 6) is -3.22. The Morgan fingerprint density at radius 1 is 0.420 bits per heavy atom. The van der Waals surface area contributed by atoms with Crippen LogP contribution in [-0.4, -0.2) is 89.2 Å². The standard InChI is InChI=1S/C69H112O12/c1-4-7-10-13-16-19-22-25-28-30-31-33-35-37-40-43-46-49-52-55-61(70)77-58-60(79-62(71)56-53-50-47-44-41-39-36-32-29-26-23-20-17-14-11-8-5-2)59-78-69-67(65(74)64(73)66(81-69)68(75)76)80-63(72)57-54-51-48-45-42-38-34-27-24-21-18-15-12-9-6-3/h8-9,11-12,17-18,20-21,25-29,34,36,39,42,45,60,64-67,69,73-74H,4-7,10,13-16,19,22-24,30-33,35,37-38,40-41,43-44,46-59H2,1-3H3,(H,75,76)/b11-8-,12-9-,20-17-,21-18-,28-25-,29-26-,34-27-,39-36-,45-42-. The molecule has 1 heterocycles. The van der Waals surface area contributed by atoms with Crippen molar-refractivity contribution >= 4 is 23.9 Å². The van der Waals surface area contributed by atoms with Crippen LogP contribution in [0.4, 0.5) is 0 Å². The van der Waals surface area contributed by atoms with Gasteiger partial charge in [-0.3, -0.25) is 14.4 Å². The van der Waals surface area contributed by atoms with E-state index in [0.29, 0.717) is 25.7 Å². The quantitative estimate of drug-likeness (QED) is 0.0228. The molecule has 1 aliphatic rings. The number of hydrogen-bond acceptors (Lipinski definition) is 11. The first-order valence-electron chi connectivity index (χ1n) is 31.9. The Labute approximate surface area is 491 Å². The van der Waals surface area contributed by atoms with Crippen LogP contribution in [0.25, 0.3) is 0 Å². The topological polar surface area (TPSA) is 175 Å². The first kappa shape index (κ1) is 74.4. The predicted octanol–water partition coefficient (Wildman–Crippen LogP) is 17.0. The molecule has 0 radical (unpaired) electrons. The summed E-state index contributed by atoms with van der Waals surface area (Å²) >= 11 is 0. The maximum absolute atomic E-state index is 13.2. The van der Waals surface area contributed by atoms with Gasteiger partial charge in [0.05, 0.1) is 6.61 Å². The lowest BCUT2D eigenvalue weighted by Gasteiger charge is -2.40. The summed E-state index contributed by atoms with van der Waals surface area (Å²) in [7, 11) is 0. The highest BCUT2D eigenvalue weighted by atomic mass is 16.7. The Balaban J connectivity index is 2.71. The molecule has 0 aliphatic carbocycles. The van der Waals surface area contributed by atoms with Crippen LogP contribution in [0, 0.1) is 0 Å². The van der Waals surface area contributed by atoms with Crippen LogP contribution >= 0.6 is 0 Å². The van der Waals surface area contributed by atoms with E-state index in [-0.39, 0.29) is 25.9 Å². The number of allylic oxidation sites excluding steroid dienone is 18. The molecule has 0 aromatic rings. The summed E-state index contributed by atoms with van der Waals surface area (Å²) in [6.45, 7) is 5.73.